The van der Waals surface area contributed by atoms with E-state index in [-0.39, 0.29) is 17.9 Å². The topological polar surface area (TPSA) is 58.6 Å². The molecule has 5 heteroatoms. The molecule has 2 atom stereocenters. The van der Waals surface area contributed by atoms with Crippen LogP contribution in [0.2, 0.25) is 0 Å². The quantitative estimate of drug-likeness (QED) is 0.878. The van der Waals surface area contributed by atoms with Gasteiger partial charge < -0.3 is 15.0 Å². The molecule has 0 saturated carbocycles. The molecular weight excluding hydrogens is 304 g/mol. The number of anilines is 2. The van der Waals surface area contributed by atoms with Crippen LogP contribution in [0.4, 0.5) is 11.4 Å². The van der Waals surface area contributed by atoms with Crippen molar-refractivity contribution < 1.29 is 14.3 Å². The third-order valence-electron chi connectivity index (χ3n) is 4.58. The van der Waals surface area contributed by atoms with Crippen LogP contribution in [0.25, 0.3) is 0 Å². The van der Waals surface area contributed by atoms with E-state index in [2.05, 4.69) is 11.4 Å². The fraction of sp³-hybridized carbons (Fsp3) is 0.263. The first kappa shape index (κ1) is 14.8. The number of hydrogen-bond donors (Lipinski definition) is 1. The average Bonchev–Trinajstić information content (AvgIpc) is 2.90. The molecule has 0 aromatic heterocycles. The Balaban J connectivity index is 1.69. The Hall–Kier alpha value is -2.82. The highest BCUT2D eigenvalue weighted by atomic mass is 16.5. The molecule has 0 fully saturated rings. The molecule has 2 aliphatic heterocycles. The number of benzene rings is 2. The van der Waals surface area contributed by atoms with Gasteiger partial charge in [0.05, 0.1) is 5.69 Å². The van der Waals surface area contributed by atoms with Gasteiger partial charge in [-0.15, -0.1) is 0 Å². The van der Waals surface area contributed by atoms with Gasteiger partial charge >= 0.3 is 0 Å². The summed E-state index contributed by atoms with van der Waals surface area (Å²) in [5, 5.41) is 2.79. The van der Waals surface area contributed by atoms with Crippen molar-refractivity contribution in [3.8, 4) is 5.75 Å². The Morgan fingerprint density at radius 2 is 2.00 bits per heavy atom. The summed E-state index contributed by atoms with van der Waals surface area (Å²) in [7, 11) is 0. The number of nitrogens with zero attached hydrogens (tertiary/aromatic N) is 1. The monoisotopic (exact) mass is 322 g/mol. The number of amides is 2. The lowest BCUT2D eigenvalue weighted by molar-refractivity contribution is -0.122. The minimum absolute atomic E-state index is 0.0666. The van der Waals surface area contributed by atoms with Crippen LogP contribution in [0.15, 0.2) is 42.5 Å². The van der Waals surface area contributed by atoms with Crippen LogP contribution in [0.3, 0.4) is 0 Å². The van der Waals surface area contributed by atoms with Gasteiger partial charge in [-0.3, -0.25) is 9.59 Å². The third kappa shape index (κ3) is 2.24. The van der Waals surface area contributed by atoms with E-state index in [9.17, 15) is 9.59 Å². The number of ether oxygens (including phenoxy) is 1. The Kier molecular flexibility index (Phi) is 3.30. The molecule has 0 radical (unpaired) electrons. The van der Waals surface area contributed by atoms with Crippen molar-refractivity contribution >= 4 is 23.2 Å². The molecule has 2 aromatic rings. The highest BCUT2D eigenvalue weighted by molar-refractivity contribution is 6.09. The predicted octanol–water partition coefficient (Wildman–Crippen LogP) is 3.00. The summed E-state index contributed by atoms with van der Waals surface area (Å²) < 4.78 is 5.54. The van der Waals surface area contributed by atoms with E-state index < -0.39 is 6.10 Å². The number of carbonyl (C=O) groups excluding carboxylic acids is 2. The van der Waals surface area contributed by atoms with Gasteiger partial charge in [-0.05, 0) is 50.1 Å². The number of para-hydroxylation sites is 1. The molecule has 122 valence electrons. The van der Waals surface area contributed by atoms with Crippen molar-refractivity contribution in [2.45, 2.75) is 32.4 Å². The van der Waals surface area contributed by atoms with Crippen LogP contribution in [-0.4, -0.2) is 24.0 Å². The molecule has 0 saturated heterocycles. The number of nitrogens with one attached hydrogen (secondary N) is 1. The number of rotatable bonds is 1. The van der Waals surface area contributed by atoms with Crippen molar-refractivity contribution in [3.05, 3.63) is 53.6 Å². The van der Waals surface area contributed by atoms with Crippen molar-refractivity contribution in [3.63, 3.8) is 0 Å². The van der Waals surface area contributed by atoms with Crippen molar-refractivity contribution in [1.82, 2.24) is 0 Å². The van der Waals surface area contributed by atoms with Crippen LogP contribution in [0.1, 0.15) is 29.8 Å². The van der Waals surface area contributed by atoms with Crippen LogP contribution < -0.4 is 15.0 Å². The highest BCUT2D eigenvalue weighted by Crippen LogP contribution is 2.35. The lowest BCUT2D eigenvalue weighted by Gasteiger charge is -2.26. The van der Waals surface area contributed by atoms with E-state index in [1.807, 2.05) is 30.0 Å². The van der Waals surface area contributed by atoms with Crippen LogP contribution in [0.5, 0.6) is 5.75 Å². The van der Waals surface area contributed by atoms with E-state index in [0.29, 0.717) is 17.0 Å². The lowest BCUT2D eigenvalue weighted by Crippen LogP contribution is -2.36. The zero-order valence-corrected chi connectivity index (χ0v) is 13.6. The van der Waals surface area contributed by atoms with Crippen molar-refractivity contribution in [2.24, 2.45) is 0 Å². The zero-order chi connectivity index (χ0) is 16.8. The number of hydrogen-bond acceptors (Lipinski definition) is 3. The molecular formula is C19H18N2O3. The molecule has 0 bridgehead atoms. The molecule has 24 heavy (non-hydrogen) atoms. The lowest BCUT2D eigenvalue weighted by atomic mass is 10.1. The van der Waals surface area contributed by atoms with Gasteiger partial charge in [-0.2, -0.15) is 0 Å². The first-order chi connectivity index (χ1) is 11.5. The highest BCUT2D eigenvalue weighted by Gasteiger charge is 2.32. The minimum Gasteiger partial charge on any atom is -0.479 e. The maximum Gasteiger partial charge on any atom is 0.265 e. The summed E-state index contributed by atoms with van der Waals surface area (Å²) in [4.78, 5) is 26.6. The molecule has 5 nitrogen and oxygen atoms in total. The van der Waals surface area contributed by atoms with Gasteiger partial charge in [0, 0.05) is 17.3 Å². The van der Waals surface area contributed by atoms with E-state index in [1.165, 1.54) is 5.56 Å². The van der Waals surface area contributed by atoms with Gasteiger partial charge in [-0.1, -0.05) is 18.2 Å². The van der Waals surface area contributed by atoms with Crippen LogP contribution >= 0.6 is 0 Å². The predicted molar refractivity (Wildman–Crippen MR) is 91.6 cm³/mol. The normalized spacial score (nSPS) is 21.6. The van der Waals surface area contributed by atoms with Crippen LogP contribution in [-0.2, 0) is 11.2 Å². The SMILES string of the molecule is CC1Oc2ccc(C(=O)N3c4ccccc4CC3C)cc2NC1=O. The number of carbonyl (C=O) groups is 2. The maximum absolute atomic E-state index is 13.0. The van der Waals surface area contributed by atoms with Crippen molar-refractivity contribution in [2.75, 3.05) is 10.2 Å². The van der Waals surface area contributed by atoms with E-state index in [4.69, 9.17) is 4.74 Å². The van der Waals surface area contributed by atoms with E-state index in [1.54, 1.807) is 25.1 Å². The Morgan fingerprint density at radius 3 is 2.83 bits per heavy atom. The third-order valence-corrected chi connectivity index (χ3v) is 4.58. The molecule has 2 aliphatic rings. The molecule has 0 aliphatic carbocycles. The zero-order valence-electron chi connectivity index (χ0n) is 13.6. The molecule has 2 amide bonds. The van der Waals surface area contributed by atoms with Gasteiger partial charge in [0.2, 0.25) is 0 Å². The Morgan fingerprint density at radius 1 is 1.21 bits per heavy atom. The summed E-state index contributed by atoms with van der Waals surface area (Å²) in [5.41, 5.74) is 3.23. The van der Waals surface area contributed by atoms with Gasteiger partial charge in [0.1, 0.15) is 5.75 Å². The minimum atomic E-state index is -0.524. The molecule has 0 spiro atoms. The maximum atomic E-state index is 13.0. The second kappa shape index (κ2) is 5.37. The van der Waals surface area contributed by atoms with Crippen molar-refractivity contribution in [1.29, 1.82) is 0 Å². The Bertz CT molecular complexity index is 846. The summed E-state index contributed by atoms with van der Waals surface area (Å²) >= 11 is 0. The first-order valence-electron chi connectivity index (χ1n) is 8.07. The molecule has 2 aromatic carbocycles. The van der Waals surface area contributed by atoms with Gasteiger partial charge in [-0.25, -0.2) is 0 Å². The summed E-state index contributed by atoms with van der Waals surface area (Å²) in [5.74, 6) is 0.323. The average molecular weight is 322 g/mol. The summed E-state index contributed by atoms with van der Waals surface area (Å²) in [6.45, 7) is 3.74. The Labute approximate surface area is 140 Å². The summed E-state index contributed by atoms with van der Waals surface area (Å²) in [6.07, 6.45) is 0.328. The molecule has 1 N–H and O–H groups in total. The molecule has 4 rings (SSSR count). The molecule has 2 heterocycles. The number of fused-ring (bicyclic) bond motifs is 2. The fourth-order valence-corrected chi connectivity index (χ4v) is 3.36. The fourth-order valence-electron chi connectivity index (χ4n) is 3.36. The van der Waals surface area contributed by atoms with Gasteiger partial charge in [0.15, 0.2) is 6.10 Å². The van der Waals surface area contributed by atoms with Crippen LogP contribution in [0, 0.1) is 0 Å². The standard InChI is InChI=1S/C19H18N2O3/c1-11-9-13-5-3-4-6-16(13)21(11)19(23)14-7-8-17-15(10-14)20-18(22)12(2)24-17/h3-8,10-12H,9H2,1-2H3,(H,20,22). The summed E-state index contributed by atoms with van der Waals surface area (Å²) in [6, 6.07) is 13.3. The smallest absolute Gasteiger partial charge is 0.265 e. The van der Waals surface area contributed by atoms with E-state index >= 15 is 0 Å². The van der Waals surface area contributed by atoms with Gasteiger partial charge in [0.25, 0.3) is 11.8 Å². The molecule has 2 unspecified atom stereocenters. The first-order valence-corrected chi connectivity index (χ1v) is 8.07. The largest absolute Gasteiger partial charge is 0.479 e. The van der Waals surface area contributed by atoms with E-state index in [0.717, 1.165) is 12.1 Å². The second-order valence-electron chi connectivity index (χ2n) is 6.32. The second-order valence-corrected chi connectivity index (χ2v) is 6.32.